The smallest absolute Gasteiger partial charge is 0.230 e. The molecule has 6 nitrogen and oxygen atoms in total. The van der Waals surface area contributed by atoms with Gasteiger partial charge in [-0.05, 0) is 99.4 Å². The Morgan fingerprint density at radius 1 is 1.05 bits per heavy atom. The normalized spacial score (nSPS) is 17.6. The first kappa shape index (κ1) is 29.1. The molecule has 0 saturated carbocycles. The van der Waals surface area contributed by atoms with Crippen LogP contribution < -0.4 is 15.8 Å². The number of hydrogen-bond acceptors (Lipinski definition) is 6. The van der Waals surface area contributed by atoms with Gasteiger partial charge in [0, 0.05) is 10.9 Å². The molecule has 2 heterocycles. The van der Waals surface area contributed by atoms with Crippen LogP contribution >= 0.6 is 0 Å². The molecule has 2 unspecified atom stereocenters. The van der Waals surface area contributed by atoms with Gasteiger partial charge in [0.15, 0.2) is 0 Å². The summed E-state index contributed by atoms with van der Waals surface area (Å²) in [7, 11) is 1.67. The topological polar surface area (TPSA) is 85.4 Å². The Bertz CT molecular complexity index is 1540. The monoisotopic (exact) mass is 537 g/mol. The Labute approximate surface area is 239 Å². The van der Waals surface area contributed by atoms with Gasteiger partial charge in [-0.25, -0.2) is 4.98 Å². The first-order valence-corrected chi connectivity index (χ1v) is 14.2. The van der Waals surface area contributed by atoms with Gasteiger partial charge in [0.1, 0.15) is 17.4 Å². The predicted octanol–water partition coefficient (Wildman–Crippen LogP) is 8.46. The molecule has 0 bridgehead atoms. The Morgan fingerprint density at radius 2 is 1.75 bits per heavy atom. The molecule has 2 aromatic carbocycles. The molecule has 1 aliphatic rings. The van der Waals surface area contributed by atoms with Crippen LogP contribution in [0, 0.1) is 13.8 Å². The van der Waals surface area contributed by atoms with E-state index in [1.807, 2.05) is 18.2 Å². The number of aryl methyl sites for hydroxylation is 2. The molecule has 4 rings (SSSR count). The summed E-state index contributed by atoms with van der Waals surface area (Å²) >= 11 is 0. The molecule has 0 aliphatic carbocycles. The summed E-state index contributed by atoms with van der Waals surface area (Å²) in [5.74, 6) is 2.59. The van der Waals surface area contributed by atoms with Crippen molar-refractivity contribution in [3.05, 3.63) is 75.9 Å². The third-order valence-electron chi connectivity index (χ3n) is 7.95. The van der Waals surface area contributed by atoms with Crippen molar-refractivity contribution in [2.45, 2.75) is 80.2 Å². The van der Waals surface area contributed by atoms with Crippen molar-refractivity contribution < 1.29 is 4.74 Å². The highest BCUT2D eigenvalue weighted by atomic mass is 16.5. The average Bonchev–Trinajstić information content (AvgIpc) is 2.92. The van der Waals surface area contributed by atoms with Crippen LogP contribution in [0.3, 0.4) is 0 Å². The number of hydrogen-bond donors (Lipinski definition) is 2. The number of aromatic nitrogens is 2. The van der Waals surface area contributed by atoms with Gasteiger partial charge < -0.3 is 15.8 Å². The summed E-state index contributed by atoms with van der Waals surface area (Å²) < 4.78 is 5.67. The Kier molecular flexibility index (Phi) is 8.77. The lowest BCUT2D eigenvalue weighted by atomic mass is 9.88. The molecule has 0 amide bonds. The SMILES string of the molecule is CC/C(C)=C\C(C)c1cc(C)c(-c2cc(OC)cc3c(N)nc(NC4=NC(C)/C(=C(/C)CC)C=C4)nc23)c(C)c1. The lowest BCUT2D eigenvalue weighted by Crippen LogP contribution is -2.20. The number of nitrogens with zero attached hydrogens (tertiary/aromatic N) is 3. The lowest BCUT2D eigenvalue weighted by Gasteiger charge is -2.20. The maximum absolute atomic E-state index is 6.52. The number of aliphatic imine (C=N–C) groups is 1. The molecule has 3 N–H and O–H groups in total. The number of benzene rings is 2. The van der Waals surface area contributed by atoms with Gasteiger partial charge in [-0.1, -0.05) is 56.2 Å². The number of methoxy groups -OCH3 is 1. The first-order chi connectivity index (χ1) is 19.1. The summed E-state index contributed by atoms with van der Waals surface area (Å²) in [5, 5.41) is 4.07. The number of fused-ring (bicyclic) bond motifs is 1. The fourth-order valence-electron chi connectivity index (χ4n) is 5.44. The standard InChI is InChI=1S/C34H43N5O/c1-10-19(3)14-21(5)25-15-22(6)31(23(7)16-25)28-17-26(40-9)18-29-32(28)38-34(39-33(29)35)37-30-13-12-27(20(4)11-2)24(8)36-30/h12-18,21,24H,10-11H2,1-9H3,(H3,35,36,37,38,39)/b19-14-,27-20-. The summed E-state index contributed by atoms with van der Waals surface area (Å²) in [6, 6.07) is 8.58. The predicted molar refractivity (Wildman–Crippen MR) is 171 cm³/mol. The van der Waals surface area contributed by atoms with Gasteiger partial charge in [-0.2, -0.15) is 4.98 Å². The number of nitrogen functional groups attached to an aromatic ring is 1. The quantitative estimate of drug-likeness (QED) is 0.295. The van der Waals surface area contributed by atoms with E-state index < -0.39 is 0 Å². The Balaban J connectivity index is 1.82. The minimum atomic E-state index is 0.0623. The van der Waals surface area contributed by atoms with Gasteiger partial charge in [0.05, 0.1) is 18.7 Å². The minimum absolute atomic E-state index is 0.0623. The zero-order valence-electron chi connectivity index (χ0n) is 25.4. The van der Waals surface area contributed by atoms with Crippen LogP contribution in [0.15, 0.2) is 64.2 Å². The van der Waals surface area contributed by atoms with Crippen LogP contribution in [0.25, 0.3) is 22.0 Å². The molecule has 0 fully saturated rings. The number of nitrogens with two attached hydrogens (primary N) is 1. The van der Waals surface area contributed by atoms with Gasteiger partial charge in [0.2, 0.25) is 5.95 Å². The highest BCUT2D eigenvalue weighted by Gasteiger charge is 2.19. The maximum Gasteiger partial charge on any atom is 0.230 e. The fourth-order valence-corrected chi connectivity index (χ4v) is 5.44. The molecule has 210 valence electrons. The third kappa shape index (κ3) is 5.96. The Hall–Kier alpha value is -3.93. The van der Waals surface area contributed by atoms with Crippen molar-refractivity contribution in [2.24, 2.45) is 4.99 Å². The second-order valence-electron chi connectivity index (χ2n) is 10.9. The number of anilines is 2. The molecule has 0 saturated heterocycles. The summed E-state index contributed by atoms with van der Waals surface area (Å²) in [6.45, 7) is 17.4. The van der Waals surface area contributed by atoms with Crippen molar-refractivity contribution in [3.8, 4) is 16.9 Å². The minimum Gasteiger partial charge on any atom is -0.497 e. The zero-order chi connectivity index (χ0) is 29.1. The van der Waals surface area contributed by atoms with Crippen LogP contribution in [0.2, 0.25) is 0 Å². The maximum atomic E-state index is 6.52. The third-order valence-corrected chi connectivity index (χ3v) is 7.95. The lowest BCUT2D eigenvalue weighted by molar-refractivity contribution is 0.415. The van der Waals surface area contributed by atoms with E-state index >= 15 is 0 Å². The molecule has 1 aliphatic heterocycles. The molecule has 0 radical (unpaired) electrons. The second-order valence-corrected chi connectivity index (χ2v) is 10.9. The van der Waals surface area contributed by atoms with Crippen molar-refractivity contribution in [1.29, 1.82) is 0 Å². The van der Waals surface area contributed by atoms with E-state index in [1.165, 1.54) is 33.4 Å². The molecular formula is C34H43N5O. The molecule has 40 heavy (non-hydrogen) atoms. The molecule has 1 aromatic heterocycles. The van der Waals surface area contributed by atoms with Crippen LogP contribution in [0.4, 0.5) is 11.8 Å². The highest BCUT2D eigenvalue weighted by Crippen LogP contribution is 2.39. The molecule has 6 heteroatoms. The van der Waals surface area contributed by atoms with E-state index in [9.17, 15) is 0 Å². The first-order valence-electron chi connectivity index (χ1n) is 14.2. The second kappa shape index (κ2) is 12.1. The largest absolute Gasteiger partial charge is 0.497 e. The Morgan fingerprint density at radius 3 is 2.35 bits per heavy atom. The molecule has 3 aromatic rings. The number of amidine groups is 1. The summed E-state index contributed by atoms with van der Waals surface area (Å²) in [6.07, 6.45) is 8.53. The number of rotatable bonds is 7. The molecule has 0 spiro atoms. The van der Waals surface area contributed by atoms with Crippen molar-refractivity contribution in [2.75, 3.05) is 18.2 Å². The van der Waals surface area contributed by atoms with E-state index in [4.69, 9.17) is 20.4 Å². The van der Waals surface area contributed by atoms with Gasteiger partial charge in [0.25, 0.3) is 0 Å². The molecule has 2 atom stereocenters. The fraction of sp³-hybridized carbons (Fsp3) is 0.382. The number of ether oxygens (including phenoxy) is 1. The number of dihydropyridines is 1. The van der Waals surface area contributed by atoms with Gasteiger partial charge in [-0.3, -0.25) is 4.99 Å². The van der Waals surface area contributed by atoms with E-state index in [2.05, 4.69) is 90.0 Å². The summed E-state index contributed by atoms with van der Waals surface area (Å²) in [5.41, 5.74) is 17.1. The van der Waals surface area contributed by atoms with E-state index in [0.29, 0.717) is 17.7 Å². The number of allylic oxidation sites excluding steroid dienone is 3. The zero-order valence-corrected chi connectivity index (χ0v) is 25.4. The van der Waals surface area contributed by atoms with E-state index in [-0.39, 0.29) is 6.04 Å². The van der Waals surface area contributed by atoms with E-state index in [1.54, 1.807) is 7.11 Å². The van der Waals surface area contributed by atoms with Crippen molar-refractivity contribution in [1.82, 2.24) is 9.97 Å². The van der Waals surface area contributed by atoms with Crippen LogP contribution in [-0.4, -0.2) is 29.0 Å². The van der Waals surface area contributed by atoms with Gasteiger partial charge >= 0.3 is 0 Å². The van der Waals surface area contributed by atoms with Crippen molar-refractivity contribution in [3.63, 3.8) is 0 Å². The highest BCUT2D eigenvalue weighted by molar-refractivity contribution is 6.06. The van der Waals surface area contributed by atoms with Crippen molar-refractivity contribution >= 4 is 28.5 Å². The van der Waals surface area contributed by atoms with Crippen LogP contribution in [0.5, 0.6) is 5.75 Å². The van der Waals surface area contributed by atoms with Gasteiger partial charge in [-0.15, -0.1) is 0 Å². The average molecular weight is 538 g/mol. The number of nitrogens with one attached hydrogen (secondary N) is 1. The molecular weight excluding hydrogens is 494 g/mol. The van der Waals surface area contributed by atoms with E-state index in [0.717, 1.165) is 46.5 Å². The summed E-state index contributed by atoms with van der Waals surface area (Å²) in [4.78, 5) is 14.4. The van der Waals surface area contributed by atoms with Crippen LogP contribution in [-0.2, 0) is 0 Å². The van der Waals surface area contributed by atoms with Crippen LogP contribution in [0.1, 0.15) is 77.0 Å².